The summed E-state index contributed by atoms with van der Waals surface area (Å²) in [5.74, 6) is 0.186. The molecule has 0 bridgehead atoms. The lowest BCUT2D eigenvalue weighted by Crippen LogP contribution is -2.26. The lowest BCUT2D eigenvalue weighted by Gasteiger charge is -2.15. The SMILES string of the molecule is CCC(=O)NCCC1CN(C=O)c2ccc(O)c(CCO)c21. The van der Waals surface area contributed by atoms with Crippen LogP contribution in [0.3, 0.4) is 0 Å². The van der Waals surface area contributed by atoms with E-state index in [1.165, 1.54) is 0 Å². The molecule has 1 unspecified atom stereocenters. The molecule has 1 aliphatic rings. The van der Waals surface area contributed by atoms with E-state index in [1.54, 1.807) is 24.0 Å². The largest absolute Gasteiger partial charge is 0.508 e. The molecule has 0 spiro atoms. The molecule has 0 aromatic heterocycles. The molecule has 1 aliphatic heterocycles. The Morgan fingerprint density at radius 3 is 2.91 bits per heavy atom. The van der Waals surface area contributed by atoms with E-state index in [0.29, 0.717) is 37.9 Å². The second kappa shape index (κ2) is 7.26. The number of aliphatic hydroxyl groups excluding tert-OH is 1. The standard InChI is InChI=1S/C16H22N2O4/c1-2-15(22)17-7-5-11-9-18(10-20)13-3-4-14(21)12(6-8-19)16(11)13/h3-4,10-11,19,21H,2,5-9H2,1H3,(H,17,22). The van der Waals surface area contributed by atoms with Gasteiger partial charge in [0.2, 0.25) is 12.3 Å². The minimum Gasteiger partial charge on any atom is -0.508 e. The van der Waals surface area contributed by atoms with E-state index in [-0.39, 0.29) is 24.2 Å². The minimum absolute atomic E-state index is 0.00282. The molecular formula is C16H22N2O4. The van der Waals surface area contributed by atoms with E-state index in [9.17, 15) is 19.8 Å². The van der Waals surface area contributed by atoms with Crippen molar-refractivity contribution in [2.45, 2.75) is 32.1 Å². The number of rotatable bonds is 7. The maximum Gasteiger partial charge on any atom is 0.219 e. The van der Waals surface area contributed by atoms with Crippen LogP contribution in [0.5, 0.6) is 5.75 Å². The molecule has 0 saturated heterocycles. The molecule has 22 heavy (non-hydrogen) atoms. The molecule has 1 heterocycles. The van der Waals surface area contributed by atoms with Crippen LogP contribution in [-0.4, -0.2) is 42.2 Å². The van der Waals surface area contributed by atoms with Crippen LogP contribution in [0.2, 0.25) is 0 Å². The van der Waals surface area contributed by atoms with Gasteiger partial charge in [-0.1, -0.05) is 6.92 Å². The van der Waals surface area contributed by atoms with Gasteiger partial charge >= 0.3 is 0 Å². The quantitative estimate of drug-likeness (QED) is 0.653. The average molecular weight is 306 g/mol. The van der Waals surface area contributed by atoms with Gasteiger partial charge in [0.25, 0.3) is 0 Å². The van der Waals surface area contributed by atoms with Crippen molar-refractivity contribution in [1.82, 2.24) is 5.32 Å². The van der Waals surface area contributed by atoms with Gasteiger partial charge in [0.15, 0.2) is 0 Å². The first-order valence-electron chi connectivity index (χ1n) is 7.56. The summed E-state index contributed by atoms with van der Waals surface area (Å²) in [6, 6.07) is 3.28. The fourth-order valence-corrected chi connectivity index (χ4v) is 2.99. The second-order valence-corrected chi connectivity index (χ2v) is 5.42. The summed E-state index contributed by atoms with van der Waals surface area (Å²) in [4.78, 5) is 24.2. The molecule has 3 N–H and O–H groups in total. The molecule has 120 valence electrons. The number of nitrogens with one attached hydrogen (secondary N) is 1. The highest BCUT2D eigenvalue weighted by atomic mass is 16.3. The first kappa shape index (κ1) is 16.3. The number of nitrogens with zero attached hydrogens (tertiary/aromatic N) is 1. The lowest BCUT2D eigenvalue weighted by molar-refractivity contribution is -0.120. The van der Waals surface area contributed by atoms with Crippen LogP contribution in [-0.2, 0) is 16.0 Å². The molecular weight excluding hydrogens is 284 g/mol. The van der Waals surface area contributed by atoms with Gasteiger partial charge in [0.1, 0.15) is 5.75 Å². The van der Waals surface area contributed by atoms with Crippen molar-refractivity contribution in [2.75, 3.05) is 24.6 Å². The Morgan fingerprint density at radius 1 is 1.50 bits per heavy atom. The van der Waals surface area contributed by atoms with Crippen molar-refractivity contribution in [3.63, 3.8) is 0 Å². The van der Waals surface area contributed by atoms with E-state index in [0.717, 1.165) is 17.7 Å². The van der Waals surface area contributed by atoms with Gasteiger partial charge in [-0.3, -0.25) is 9.59 Å². The number of fused-ring (bicyclic) bond motifs is 1. The number of hydrogen-bond acceptors (Lipinski definition) is 4. The highest BCUT2D eigenvalue weighted by Crippen LogP contribution is 2.42. The van der Waals surface area contributed by atoms with Crippen molar-refractivity contribution >= 4 is 18.0 Å². The summed E-state index contributed by atoms with van der Waals surface area (Å²) in [5.41, 5.74) is 2.38. The molecule has 6 heteroatoms. The molecule has 1 aromatic rings. The predicted octanol–water partition coefficient (Wildman–Crippen LogP) is 0.903. The number of carbonyl (C=O) groups excluding carboxylic acids is 2. The molecule has 1 aromatic carbocycles. The number of hydrogen-bond donors (Lipinski definition) is 3. The van der Waals surface area contributed by atoms with Crippen molar-refractivity contribution in [1.29, 1.82) is 0 Å². The smallest absolute Gasteiger partial charge is 0.219 e. The number of benzene rings is 1. The molecule has 0 aliphatic carbocycles. The summed E-state index contributed by atoms with van der Waals surface area (Å²) in [6.45, 7) is 2.79. The van der Waals surface area contributed by atoms with Crippen molar-refractivity contribution in [2.24, 2.45) is 0 Å². The van der Waals surface area contributed by atoms with Gasteiger partial charge in [-0.25, -0.2) is 0 Å². The Bertz CT molecular complexity index is 559. The fourth-order valence-electron chi connectivity index (χ4n) is 2.99. The monoisotopic (exact) mass is 306 g/mol. The van der Waals surface area contributed by atoms with Crippen LogP contribution in [0.15, 0.2) is 12.1 Å². The molecule has 6 nitrogen and oxygen atoms in total. The van der Waals surface area contributed by atoms with E-state index in [1.807, 2.05) is 0 Å². The van der Waals surface area contributed by atoms with Gasteiger partial charge in [0, 0.05) is 43.3 Å². The maximum atomic E-state index is 11.3. The number of aromatic hydroxyl groups is 1. The van der Waals surface area contributed by atoms with Crippen molar-refractivity contribution < 1.29 is 19.8 Å². The van der Waals surface area contributed by atoms with E-state index in [2.05, 4.69) is 5.32 Å². The van der Waals surface area contributed by atoms with Crippen LogP contribution in [0.25, 0.3) is 0 Å². The highest BCUT2D eigenvalue weighted by Gasteiger charge is 2.31. The van der Waals surface area contributed by atoms with Crippen molar-refractivity contribution in [3.05, 3.63) is 23.3 Å². The Balaban J connectivity index is 2.23. The molecule has 0 radical (unpaired) electrons. The van der Waals surface area contributed by atoms with Gasteiger partial charge in [-0.2, -0.15) is 0 Å². The number of amides is 2. The van der Waals surface area contributed by atoms with Crippen molar-refractivity contribution in [3.8, 4) is 5.75 Å². The Hall–Kier alpha value is -2.08. The molecule has 2 amide bonds. The maximum absolute atomic E-state index is 11.3. The number of anilines is 1. The Morgan fingerprint density at radius 2 is 2.27 bits per heavy atom. The summed E-state index contributed by atoms with van der Waals surface area (Å²) in [5, 5.41) is 22.1. The summed E-state index contributed by atoms with van der Waals surface area (Å²) >= 11 is 0. The molecule has 0 fully saturated rings. The molecule has 0 saturated carbocycles. The second-order valence-electron chi connectivity index (χ2n) is 5.42. The van der Waals surface area contributed by atoms with Gasteiger partial charge in [-0.05, 0) is 30.5 Å². The molecule has 1 atom stereocenters. The van der Waals surface area contributed by atoms with Gasteiger partial charge in [0.05, 0.1) is 0 Å². The number of phenols is 1. The summed E-state index contributed by atoms with van der Waals surface area (Å²) < 4.78 is 0. The van der Waals surface area contributed by atoms with Crippen LogP contribution in [0.1, 0.15) is 36.8 Å². The third-order valence-electron chi connectivity index (χ3n) is 4.07. The highest BCUT2D eigenvalue weighted by molar-refractivity contribution is 5.82. The Labute approximate surface area is 129 Å². The topological polar surface area (TPSA) is 89.9 Å². The zero-order valence-corrected chi connectivity index (χ0v) is 12.7. The zero-order valence-electron chi connectivity index (χ0n) is 12.7. The average Bonchev–Trinajstić information content (AvgIpc) is 2.88. The third-order valence-corrected chi connectivity index (χ3v) is 4.07. The van der Waals surface area contributed by atoms with E-state index >= 15 is 0 Å². The van der Waals surface area contributed by atoms with E-state index in [4.69, 9.17) is 0 Å². The third kappa shape index (κ3) is 3.22. The molecule has 2 rings (SSSR count). The summed E-state index contributed by atoms with van der Waals surface area (Å²) in [7, 11) is 0. The van der Waals surface area contributed by atoms with Crippen LogP contribution < -0.4 is 10.2 Å². The van der Waals surface area contributed by atoms with Crippen LogP contribution in [0, 0.1) is 0 Å². The summed E-state index contributed by atoms with van der Waals surface area (Å²) in [6.07, 6.45) is 2.26. The first-order valence-corrected chi connectivity index (χ1v) is 7.56. The van der Waals surface area contributed by atoms with Gasteiger partial charge in [-0.15, -0.1) is 0 Å². The lowest BCUT2D eigenvalue weighted by atomic mass is 9.91. The number of carbonyl (C=O) groups is 2. The number of aliphatic hydroxyl groups is 1. The first-order chi connectivity index (χ1) is 10.6. The minimum atomic E-state index is -0.0651. The normalized spacial score (nSPS) is 16.5. The fraction of sp³-hybridized carbons (Fsp3) is 0.500. The zero-order chi connectivity index (χ0) is 16.1. The number of phenolic OH excluding ortho intramolecular Hbond substituents is 1. The van der Waals surface area contributed by atoms with Crippen LogP contribution in [0.4, 0.5) is 5.69 Å². The van der Waals surface area contributed by atoms with E-state index < -0.39 is 0 Å². The van der Waals surface area contributed by atoms with Crippen LogP contribution >= 0.6 is 0 Å². The predicted molar refractivity (Wildman–Crippen MR) is 83.0 cm³/mol. The van der Waals surface area contributed by atoms with Gasteiger partial charge < -0.3 is 20.4 Å². The Kier molecular flexibility index (Phi) is 5.38.